The van der Waals surface area contributed by atoms with E-state index in [9.17, 15) is 9.59 Å². The average molecular weight is 359 g/mol. The van der Waals surface area contributed by atoms with Gasteiger partial charge in [-0.3, -0.25) is 4.79 Å². The first kappa shape index (κ1) is 17.6. The molecule has 0 aliphatic carbocycles. The maximum absolute atomic E-state index is 12.3. The number of methoxy groups -OCH3 is 1. The Kier molecular flexibility index (Phi) is 5.87. The Bertz CT molecular complexity index is 636. The van der Waals surface area contributed by atoms with Crippen LogP contribution >= 0.6 is 23.2 Å². The van der Waals surface area contributed by atoms with Crippen LogP contribution in [0.4, 0.5) is 4.79 Å². The smallest absolute Gasteiger partial charge is 0.319 e. The van der Waals surface area contributed by atoms with Crippen LogP contribution in [-0.4, -0.2) is 32.3 Å². The van der Waals surface area contributed by atoms with Crippen molar-refractivity contribution < 1.29 is 19.1 Å². The molecule has 1 heterocycles. The van der Waals surface area contributed by atoms with Gasteiger partial charge in [-0.05, 0) is 17.7 Å². The van der Waals surface area contributed by atoms with Gasteiger partial charge >= 0.3 is 12.0 Å². The summed E-state index contributed by atoms with van der Waals surface area (Å²) in [6.45, 7) is 4.14. The molecule has 1 aliphatic heterocycles. The lowest BCUT2D eigenvalue weighted by Gasteiger charge is -2.33. The molecule has 0 saturated carbocycles. The molecule has 1 saturated heterocycles. The van der Waals surface area contributed by atoms with E-state index in [1.165, 1.54) is 7.11 Å². The van der Waals surface area contributed by atoms with Gasteiger partial charge in [0.2, 0.25) is 0 Å². The Balaban J connectivity index is 2.27. The van der Waals surface area contributed by atoms with E-state index in [1.807, 2.05) is 0 Å². The molecule has 0 spiro atoms. The normalized spacial score (nSPS) is 20.7. The topological polar surface area (TPSA) is 76.7 Å². The number of esters is 1. The van der Waals surface area contributed by atoms with Crippen molar-refractivity contribution in [3.63, 3.8) is 0 Å². The third kappa shape index (κ3) is 4.16. The zero-order valence-electron chi connectivity index (χ0n) is 12.4. The Morgan fingerprint density at radius 1 is 1.30 bits per heavy atom. The minimum atomic E-state index is -0.790. The van der Waals surface area contributed by atoms with Gasteiger partial charge in [-0.15, -0.1) is 0 Å². The summed E-state index contributed by atoms with van der Waals surface area (Å²) in [7, 11) is 1.51. The van der Waals surface area contributed by atoms with Crippen LogP contribution in [0.15, 0.2) is 30.5 Å². The number of hydrogen-bond donors (Lipinski definition) is 2. The molecule has 2 rings (SSSR count). The van der Waals surface area contributed by atoms with Crippen LogP contribution in [0.5, 0.6) is 0 Å². The molecule has 0 unspecified atom stereocenters. The predicted molar refractivity (Wildman–Crippen MR) is 86.3 cm³/mol. The number of carbonyl (C=O) groups is 2. The molecule has 1 fully saturated rings. The number of rotatable bonds is 5. The van der Waals surface area contributed by atoms with Gasteiger partial charge in [0.1, 0.15) is 12.5 Å². The monoisotopic (exact) mass is 358 g/mol. The van der Waals surface area contributed by atoms with Crippen LogP contribution in [0, 0.1) is 5.92 Å². The van der Waals surface area contributed by atoms with Gasteiger partial charge in [0.15, 0.2) is 0 Å². The van der Waals surface area contributed by atoms with E-state index >= 15 is 0 Å². The highest BCUT2D eigenvalue weighted by atomic mass is 35.5. The molecular formula is C15H16Cl2N2O4. The Morgan fingerprint density at radius 2 is 2.04 bits per heavy atom. The quantitative estimate of drug-likeness (QED) is 0.626. The summed E-state index contributed by atoms with van der Waals surface area (Å²) in [6, 6.07) is 3.78. The van der Waals surface area contributed by atoms with Crippen molar-refractivity contribution >= 4 is 35.2 Å². The number of halogens is 2. The Hall–Kier alpha value is -1.76. The summed E-state index contributed by atoms with van der Waals surface area (Å²) >= 11 is 11.9. The Morgan fingerprint density at radius 3 is 2.70 bits per heavy atom. The second-order valence-electron chi connectivity index (χ2n) is 4.91. The van der Waals surface area contributed by atoms with Crippen molar-refractivity contribution in [1.82, 2.24) is 10.6 Å². The fraction of sp³-hybridized carbons (Fsp3) is 0.333. The molecule has 1 aliphatic rings. The van der Waals surface area contributed by atoms with Gasteiger partial charge in [-0.25, -0.2) is 4.79 Å². The van der Waals surface area contributed by atoms with Gasteiger partial charge in [-0.1, -0.05) is 35.8 Å². The van der Waals surface area contributed by atoms with E-state index in [0.29, 0.717) is 15.6 Å². The third-order valence-electron chi connectivity index (χ3n) is 3.36. The second kappa shape index (κ2) is 7.68. The first-order valence-electron chi connectivity index (χ1n) is 6.81. The van der Waals surface area contributed by atoms with Crippen LogP contribution in [0.25, 0.3) is 0 Å². The van der Waals surface area contributed by atoms with Crippen LogP contribution in [0.1, 0.15) is 11.6 Å². The minimum absolute atomic E-state index is 0.112. The standard InChI is InChI=1S/C15H16Cl2N2O4/c1-8-12(14(20)23-6-5-22-2)13(19-15(21)18-8)9-3-4-10(16)11(17)7-9/h3-4,7,12-13H,1,5-6H2,2H3,(H2,18,19,21)/t12-,13-/m0/s1. The van der Waals surface area contributed by atoms with E-state index < -0.39 is 24.0 Å². The first-order valence-corrected chi connectivity index (χ1v) is 7.56. The van der Waals surface area contributed by atoms with Crippen molar-refractivity contribution in [3.8, 4) is 0 Å². The molecule has 0 bridgehead atoms. The summed E-state index contributed by atoms with van der Waals surface area (Å²) in [5, 5.41) is 5.89. The number of ether oxygens (including phenoxy) is 2. The fourth-order valence-corrected chi connectivity index (χ4v) is 2.57. The van der Waals surface area contributed by atoms with E-state index in [0.717, 1.165) is 0 Å². The number of amides is 2. The summed E-state index contributed by atoms with van der Waals surface area (Å²) in [5.74, 6) is -1.31. The molecule has 8 heteroatoms. The van der Waals surface area contributed by atoms with Gasteiger partial charge in [0.05, 0.1) is 22.7 Å². The largest absolute Gasteiger partial charge is 0.463 e. The second-order valence-corrected chi connectivity index (χ2v) is 5.73. The number of benzene rings is 1. The predicted octanol–water partition coefficient (Wildman–Crippen LogP) is 2.67. The summed E-state index contributed by atoms with van der Waals surface area (Å²) < 4.78 is 10.0. The zero-order valence-corrected chi connectivity index (χ0v) is 13.9. The van der Waals surface area contributed by atoms with Crippen molar-refractivity contribution in [2.45, 2.75) is 6.04 Å². The molecule has 0 aromatic heterocycles. The van der Waals surface area contributed by atoms with E-state index in [4.69, 9.17) is 32.7 Å². The van der Waals surface area contributed by atoms with Crippen molar-refractivity contribution in [1.29, 1.82) is 0 Å². The van der Waals surface area contributed by atoms with Gasteiger partial charge in [0, 0.05) is 12.8 Å². The van der Waals surface area contributed by atoms with E-state index in [-0.39, 0.29) is 18.9 Å². The van der Waals surface area contributed by atoms with Gasteiger partial charge in [0.25, 0.3) is 0 Å². The highest BCUT2D eigenvalue weighted by molar-refractivity contribution is 6.42. The number of urea groups is 1. The van der Waals surface area contributed by atoms with Crippen LogP contribution < -0.4 is 10.6 Å². The highest BCUT2D eigenvalue weighted by Gasteiger charge is 2.39. The van der Waals surface area contributed by atoms with Crippen LogP contribution in [-0.2, 0) is 14.3 Å². The van der Waals surface area contributed by atoms with Gasteiger partial charge < -0.3 is 20.1 Å². The van der Waals surface area contributed by atoms with E-state index in [2.05, 4.69) is 17.2 Å². The Labute approximate surface area is 143 Å². The molecule has 0 radical (unpaired) electrons. The molecule has 6 nitrogen and oxygen atoms in total. The average Bonchev–Trinajstić information content (AvgIpc) is 2.49. The number of nitrogens with one attached hydrogen (secondary N) is 2. The zero-order chi connectivity index (χ0) is 17.0. The molecule has 1 aromatic rings. The van der Waals surface area contributed by atoms with Crippen molar-refractivity contribution in [3.05, 3.63) is 46.1 Å². The lowest BCUT2D eigenvalue weighted by molar-refractivity contribution is -0.149. The lowest BCUT2D eigenvalue weighted by atomic mass is 9.89. The summed E-state index contributed by atoms with van der Waals surface area (Å²) in [4.78, 5) is 24.1. The maximum Gasteiger partial charge on any atom is 0.319 e. The van der Waals surface area contributed by atoms with Gasteiger partial charge in [-0.2, -0.15) is 0 Å². The fourth-order valence-electron chi connectivity index (χ4n) is 2.26. The van der Waals surface area contributed by atoms with Crippen LogP contribution in [0.2, 0.25) is 10.0 Å². The van der Waals surface area contributed by atoms with Crippen molar-refractivity contribution in [2.24, 2.45) is 5.92 Å². The molecule has 2 amide bonds. The molecule has 2 atom stereocenters. The SMILES string of the molecule is C=C1NC(=O)N[C@@H](c2ccc(Cl)c(Cl)c2)[C@H]1C(=O)OCCOC. The van der Waals surface area contributed by atoms with Crippen molar-refractivity contribution in [2.75, 3.05) is 20.3 Å². The summed E-state index contributed by atoms with van der Waals surface area (Å²) in [5.41, 5.74) is 0.885. The summed E-state index contributed by atoms with van der Waals surface area (Å²) in [6.07, 6.45) is 0. The maximum atomic E-state index is 12.3. The third-order valence-corrected chi connectivity index (χ3v) is 4.10. The highest BCUT2D eigenvalue weighted by Crippen LogP contribution is 2.33. The number of hydrogen-bond acceptors (Lipinski definition) is 4. The lowest BCUT2D eigenvalue weighted by Crippen LogP contribution is -2.51. The minimum Gasteiger partial charge on any atom is -0.463 e. The molecule has 2 N–H and O–H groups in total. The van der Waals surface area contributed by atoms with E-state index in [1.54, 1.807) is 18.2 Å². The van der Waals surface area contributed by atoms with Crippen LogP contribution in [0.3, 0.4) is 0 Å². The first-order chi connectivity index (χ1) is 10.9. The molecule has 124 valence electrons. The molecule has 1 aromatic carbocycles. The molecular weight excluding hydrogens is 343 g/mol. The molecule has 23 heavy (non-hydrogen) atoms. The number of carbonyl (C=O) groups excluding carboxylic acids is 2.